The number of halogens is 1. The molecule has 4 rings (SSSR count). The number of aromatic nitrogens is 1. The van der Waals surface area contributed by atoms with Gasteiger partial charge >= 0.3 is 0 Å². The number of benzene rings is 3. The lowest BCUT2D eigenvalue weighted by atomic mass is 10.2. The van der Waals surface area contributed by atoms with Crippen LogP contribution in [0.5, 0.6) is 5.75 Å². The molecular formula is C27H25FN2O2. The second-order valence-corrected chi connectivity index (χ2v) is 7.59. The maximum Gasteiger partial charge on any atom is 0.261 e. The predicted octanol–water partition coefficient (Wildman–Crippen LogP) is 5.28. The fourth-order valence-electron chi connectivity index (χ4n) is 3.52. The maximum absolute atomic E-state index is 13.2. The van der Waals surface area contributed by atoms with Crippen LogP contribution in [0.4, 0.5) is 4.39 Å². The largest absolute Gasteiger partial charge is 0.484 e. The molecule has 1 heterocycles. The Morgan fingerprint density at radius 3 is 2.19 bits per heavy atom. The zero-order valence-electron chi connectivity index (χ0n) is 17.7. The molecule has 0 radical (unpaired) electrons. The van der Waals surface area contributed by atoms with E-state index in [0.29, 0.717) is 25.4 Å². The average molecular weight is 429 g/mol. The summed E-state index contributed by atoms with van der Waals surface area (Å²) in [6, 6.07) is 29.7. The molecule has 1 amide bonds. The molecule has 4 aromatic rings. The third-order valence-electron chi connectivity index (χ3n) is 5.22. The zero-order chi connectivity index (χ0) is 22.2. The molecule has 0 saturated carbocycles. The molecule has 0 spiro atoms. The first-order valence-electron chi connectivity index (χ1n) is 10.6. The molecule has 0 aliphatic carbocycles. The van der Waals surface area contributed by atoms with Crippen LogP contribution >= 0.6 is 0 Å². The third-order valence-corrected chi connectivity index (χ3v) is 5.22. The second-order valence-electron chi connectivity index (χ2n) is 7.59. The van der Waals surface area contributed by atoms with Gasteiger partial charge in [0.05, 0.1) is 6.54 Å². The number of nitrogens with zero attached hydrogens (tertiary/aromatic N) is 2. The highest BCUT2D eigenvalue weighted by Gasteiger charge is 2.17. The van der Waals surface area contributed by atoms with E-state index in [1.165, 1.54) is 12.1 Å². The molecule has 0 bridgehead atoms. The number of hydrogen-bond acceptors (Lipinski definition) is 2. The van der Waals surface area contributed by atoms with Crippen LogP contribution in [0.2, 0.25) is 0 Å². The molecular weight excluding hydrogens is 403 g/mol. The first-order chi connectivity index (χ1) is 15.7. The standard InChI is InChI=1S/C27H25FN2O2/c28-24-15-13-23(14-16-24)18-29-17-7-10-25(29)20-30(19-22-8-3-1-4-9-22)27(31)21-32-26-11-5-2-6-12-26/h1-17H,18-21H2. The fourth-order valence-corrected chi connectivity index (χ4v) is 3.52. The number of carbonyl (C=O) groups is 1. The summed E-state index contributed by atoms with van der Waals surface area (Å²) < 4.78 is 21.0. The Morgan fingerprint density at radius 1 is 0.781 bits per heavy atom. The Balaban J connectivity index is 1.49. The smallest absolute Gasteiger partial charge is 0.261 e. The van der Waals surface area contributed by atoms with Crippen LogP contribution in [0.3, 0.4) is 0 Å². The average Bonchev–Trinajstić information content (AvgIpc) is 3.26. The fraction of sp³-hybridized carbons (Fsp3) is 0.148. The van der Waals surface area contributed by atoms with Crippen molar-refractivity contribution < 1.29 is 13.9 Å². The van der Waals surface area contributed by atoms with Crippen molar-refractivity contribution in [3.8, 4) is 5.75 Å². The molecule has 0 aliphatic heterocycles. The normalized spacial score (nSPS) is 10.7. The van der Waals surface area contributed by atoms with Crippen LogP contribution in [0, 0.1) is 5.82 Å². The molecule has 1 aromatic heterocycles. The Bertz CT molecular complexity index is 1130. The number of ether oxygens (including phenoxy) is 1. The monoisotopic (exact) mass is 428 g/mol. The quantitative estimate of drug-likeness (QED) is 0.363. The van der Waals surface area contributed by atoms with Gasteiger partial charge < -0.3 is 14.2 Å². The SMILES string of the molecule is O=C(COc1ccccc1)N(Cc1ccccc1)Cc1cccn1Cc1ccc(F)cc1. The van der Waals surface area contributed by atoms with E-state index < -0.39 is 0 Å². The first kappa shape index (κ1) is 21.4. The summed E-state index contributed by atoms with van der Waals surface area (Å²) in [7, 11) is 0. The molecule has 0 aliphatic rings. The van der Waals surface area contributed by atoms with Gasteiger partial charge in [0.2, 0.25) is 0 Å². The maximum atomic E-state index is 13.2. The number of amides is 1. The van der Waals surface area contributed by atoms with Gasteiger partial charge in [-0.1, -0.05) is 60.7 Å². The number of rotatable bonds is 9. The van der Waals surface area contributed by atoms with Crippen molar-refractivity contribution in [3.63, 3.8) is 0 Å². The molecule has 0 fully saturated rings. The predicted molar refractivity (Wildman–Crippen MR) is 123 cm³/mol. The molecule has 5 heteroatoms. The van der Waals surface area contributed by atoms with E-state index in [1.807, 2.05) is 79.0 Å². The minimum atomic E-state index is -0.250. The van der Waals surface area contributed by atoms with E-state index in [-0.39, 0.29) is 18.3 Å². The highest BCUT2D eigenvalue weighted by Crippen LogP contribution is 2.15. The summed E-state index contributed by atoms with van der Waals surface area (Å²) in [5.41, 5.74) is 3.05. The van der Waals surface area contributed by atoms with Gasteiger partial charge in [-0.2, -0.15) is 0 Å². The molecule has 0 saturated heterocycles. The molecule has 4 nitrogen and oxygen atoms in total. The lowest BCUT2D eigenvalue weighted by Gasteiger charge is -2.24. The highest BCUT2D eigenvalue weighted by molar-refractivity contribution is 5.77. The van der Waals surface area contributed by atoms with Gasteiger partial charge in [-0.15, -0.1) is 0 Å². The third kappa shape index (κ3) is 5.85. The van der Waals surface area contributed by atoms with E-state index in [2.05, 4.69) is 4.57 Å². The summed E-state index contributed by atoms with van der Waals surface area (Å²) in [6.07, 6.45) is 1.98. The van der Waals surface area contributed by atoms with Crippen molar-refractivity contribution in [1.82, 2.24) is 9.47 Å². The summed E-state index contributed by atoms with van der Waals surface area (Å²) >= 11 is 0. The van der Waals surface area contributed by atoms with E-state index in [1.54, 1.807) is 17.0 Å². The molecule has 3 aromatic carbocycles. The van der Waals surface area contributed by atoms with Gasteiger partial charge in [0.15, 0.2) is 6.61 Å². The second kappa shape index (κ2) is 10.4. The van der Waals surface area contributed by atoms with Crippen LogP contribution in [-0.4, -0.2) is 22.0 Å². The van der Waals surface area contributed by atoms with E-state index >= 15 is 0 Å². The molecule has 162 valence electrons. The minimum absolute atomic E-state index is 0.0322. The number of carbonyl (C=O) groups excluding carboxylic acids is 1. The Morgan fingerprint density at radius 2 is 1.47 bits per heavy atom. The van der Waals surface area contributed by atoms with Gasteiger partial charge in [0.25, 0.3) is 5.91 Å². The lowest BCUT2D eigenvalue weighted by Crippen LogP contribution is -2.34. The van der Waals surface area contributed by atoms with Crippen LogP contribution in [0.1, 0.15) is 16.8 Å². The van der Waals surface area contributed by atoms with Crippen molar-refractivity contribution in [2.45, 2.75) is 19.6 Å². The van der Waals surface area contributed by atoms with Crippen LogP contribution < -0.4 is 4.74 Å². The van der Waals surface area contributed by atoms with E-state index in [4.69, 9.17) is 4.74 Å². The highest BCUT2D eigenvalue weighted by atomic mass is 19.1. The Kier molecular flexibility index (Phi) is 6.98. The minimum Gasteiger partial charge on any atom is -0.484 e. The van der Waals surface area contributed by atoms with Crippen LogP contribution in [0.15, 0.2) is 103 Å². The van der Waals surface area contributed by atoms with Crippen molar-refractivity contribution >= 4 is 5.91 Å². The zero-order valence-corrected chi connectivity index (χ0v) is 17.7. The van der Waals surface area contributed by atoms with Crippen molar-refractivity contribution in [2.75, 3.05) is 6.61 Å². The Hall–Kier alpha value is -3.86. The number of hydrogen-bond donors (Lipinski definition) is 0. The van der Waals surface area contributed by atoms with Gasteiger partial charge in [0.1, 0.15) is 11.6 Å². The summed E-state index contributed by atoms with van der Waals surface area (Å²) in [5.74, 6) is 0.326. The van der Waals surface area contributed by atoms with Gasteiger partial charge in [-0.3, -0.25) is 4.79 Å². The lowest BCUT2D eigenvalue weighted by molar-refractivity contribution is -0.134. The van der Waals surface area contributed by atoms with Crippen molar-refractivity contribution in [2.24, 2.45) is 0 Å². The number of para-hydroxylation sites is 1. The van der Waals surface area contributed by atoms with Crippen molar-refractivity contribution in [1.29, 1.82) is 0 Å². The molecule has 0 unspecified atom stereocenters. The van der Waals surface area contributed by atoms with Crippen LogP contribution in [-0.2, 0) is 24.4 Å². The topological polar surface area (TPSA) is 34.5 Å². The van der Waals surface area contributed by atoms with E-state index in [0.717, 1.165) is 16.8 Å². The molecule has 0 N–H and O–H groups in total. The Labute approximate surface area is 187 Å². The first-order valence-corrected chi connectivity index (χ1v) is 10.6. The summed E-state index contributed by atoms with van der Waals surface area (Å²) in [6.45, 7) is 1.51. The van der Waals surface area contributed by atoms with Crippen LogP contribution in [0.25, 0.3) is 0 Å². The van der Waals surface area contributed by atoms with Crippen molar-refractivity contribution in [3.05, 3.63) is 126 Å². The van der Waals surface area contributed by atoms with Gasteiger partial charge in [-0.25, -0.2) is 4.39 Å². The van der Waals surface area contributed by atoms with Gasteiger partial charge in [0, 0.05) is 25.0 Å². The molecule has 0 atom stereocenters. The summed E-state index contributed by atoms with van der Waals surface area (Å²) in [4.78, 5) is 14.9. The molecule has 32 heavy (non-hydrogen) atoms. The van der Waals surface area contributed by atoms with E-state index in [9.17, 15) is 9.18 Å². The summed E-state index contributed by atoms with van der Waals surface area (Å²) in [5, 5.41) is 0. The van der Waals surface area contributed by atoms with Gasteiger partial charge in [-0.05, 0) is 47.5 Å².